The number of rotatable bonds is 3. The molecule has 2 aromatic rings. The molecular weight excluding hydrogens is 314 g/mol. The first kappa shape index (κ1) is 16.3. The maximum absolute atomic E-state index is 12.5. The van der Waals surface area contributed by atoms with Gasteiger partial charge >= 0.3 is 0 Å². The number of hydrogen-bond donors (Lipinski definition) is 1. The molecule has 0 radical (unpaired) electrons. The van der Waals surface area contributed by atoms with Crippen molar-refractivity contribution < 1.29 is 4.79 Å². The number of pyridine rings is 1. The van der Waals surface area contributed by atoms with Gasteiger partial charge in [0.1, 0.15) is 0 Å². The van der Waals surface area contributed by atoms with Crippen LogP contribution in [0.1, 0.15) is 47.7 Å². The van der Waals surface area contributed by atoms with Crippen LogP contribution in [0.3, 0.4) is 0 Å². The summed E-state index contributed by atoms with van der Waals surface area (Å²) >= 11 is 0. The number of nitrogens with zero attached hydrogens (tertiary/aromatic N) is 4. The Hall–Kier alpha value is -2.21. The molecule has 25 heavy (non-hydrogen) atoms. The van der Waals surface area contributed by atoms with Crippen LogP contribution in [0.25, 0.3) is 0 Å². The molecule has 2 aliphatic heterocycles. The minimum Gasteiger partial charge on any atom is -0.339 e. The van der Waals surface area contributed by atoms with Crippen molar-refractivity contribution in [2.75, 3.05) is 26.2 Å². The molecule has 0 bridgehead atoms. The quantitative estimate of drug-likeness (QED) is 0.932. The van der Waals surface area contributed by atoms with E-state index in [9.17, 15) is 4.79 Å². The van der Waals surface area contributed by atoms with Gasteiger partial charge in [-0.2, -0.15) is 5.10 Å². The van der Waals surface area contributed by atoms with Crippen LogP contribution in [0.2, 0.25) is 0 Å². The van der Waals surface area contributed by atoms with Crippen molar-refractivity contribution >= 4 is 5.91 Å². The first-order valence-electron chi connectivity index (χ1n) is 9.24. The van der Waals surface area contributed by atoms with Crippen LogP contribution in [-0.2, 0) is 0 Å². The highest BCUT2D eigenvalue weighted by Crippen LogP contribution is 2.29. The lowest BCUT2D eigenvalue weighted by Crippen LogP contribution is -2.48. The number of hydrogen-bond acceptors (Lipinski definition) is 4. The van der Waals surface area contributed by atoms with Gasteiger partial charge in [0.2, 0.25) is 0 Å². The van der Waals surface area contributed by atoms with Crippen LogP contribution in [0.4, 0.5) is 0 Å². The summed E-state index contributed by atoms with van der Waals surface area (Å²) in [5, 5.41) is 7.19. The predicted octanol–water partition coefficient (Wildman–Crippen LogP) is 2.29. The summed E-state index contributed by atoms with van der Waals surface area (Å²) in [7, 11) is 0. The molecule has 1 N–H and O–H groups in total. The number of piperidine rings is 2. The number of carbonyl (C=O) groups excluding carboxylic acids is 1. The maximum Gasteiger partial charge on any atom is 0.253 e. The normalized spacial score (nSPS) is 20.7. The van der Waals surface area contributed by atoms with E-state index in [2.05, 4.69) is 26.1 Å². The average molecular weight is 339 g/mol. The van der Waals surface area contributed by atoms with E-state index in [1.807, 2.05) is 11.1 Å². The molecule has 132 valence electrons. The Morgan fingerprint density at radius 3 is 2.32 bits per heavy atom. The van der Waals surface area contributed by atoms with Gasteiger partial charge in [0.05, 0.1) is 0 Å². The molecule has 0 saturated carbocycles. The summed E-state index contributed by atoms with van der Waals surface area (Å²) in [6.45, 7) is 4.00. The van der Waals surface area contributed by atoms with E-state index in [1.165, 1.54) is 18.5 Å². The third-order valence-corrected chi connectivity index (χ3v) is 5.69. The van der Waals surface area contributed by atoms with Crippen molar-refractivity contribution in [3.8, 4) is 0 Å². The summed E-state index contributed by atoms with van der Waals surface area (Å²) < 4.78 is 0. The van der Waals surface area contributed by atoms with Crippen molar-refractivity contribution in [3.63, 3.8) is 0 Å². The molecule has 6 nitrogen and oxygen atoms in total. The van der Waals surface area contributed by atoms with Crippen molar-refractivity contribution in [1.29, 1.82) is 0 Å². The molecule has 2 saturated heterocycles. The van der Waals surface area contributed by atoms with Gasteiger partial charge in [-0.1, -0.05) is 0 Å². The number of carbonyl (C=O) groups is 1. The van der Waals surface area contributed by atoms with Gasteiger partial charge in [-0.25, -0.2) is 0 Å². The fraction of sp³-hybridized carbons (Fsp3) is 0.526. The molecule has 2 aromatic heterocycles. The number of likely N-dealkylation sites (tertiary alicyclic amines) is 2. The molecule has 1 amide bonds. The number of aromatic amines is 1. The van der Waals surface area contributed by atoms with Crippen molar-refractivity contribution in [2.45, 2.75) is 37.6 Å². The second kappa shape index (κ2) is 7.35. The molecule has 0 aliphatic carbocycles. The third kappa shape index (κ3) is 3.58. The molecule has 0 unspecified atom stereocenters. The van der Waals surface area contributed by atoms with E-state index in [0.717, 1.165) is 44.6 Å². The largest absolute Gasteiger partial charge is 0.339 e. The molecule has 2 fully saturated rings. The first-order valence-corrected chi connectivity index (χ1v) is 9.24. The molecule has 6 heteroatoms. The van der Waals surface area contributed by atoms with Crippen molar-refractivity contribution in [3.05, 3.63) is 48.0 Å². The molecule has 4 rings (SSSR count). The van der Waals surface area contributed by atoms with E-state index < -0.39 is 0 Å². The zero-order chi connectivity index (χ0) is 17.1. The molecule has 0 spiro atoms. The van der Waals surface area contributed by atoms with Gasteiger partial charge in [-0.3, -0.25) is 14.9 Å². The smallest absolute Gasteiger partial charge is 0.253 e. The number of nitrogens with one attached hydrogen (secondary N) is 1. The molecule has 0 atom stereocenters. The van der Waals surface area contributed by atoms with Crippen LogP contribution in [-0.4, -0.2) is 63.1 Å². The van der Waals surface area contributed by atoms with Gasteiger partial charge in [-0.15, -0.1) is 0 Å². The lowest BCUT2D eigenvalue weighted by Gasteiger charge is -2.41. The fourth-order valence-corrected chi connectivity index (χ4v) is 4.18. The van der Waals surface area contributed by atoms with E-state index >= 15 is 0 Å². The van der Waals surface area contributed by atoms with E-state index in [-0.39, 0.29) is 5.91 Å². The first-order chi connectivity index (χ1) is 12.3. The van der Waals surface area contributed by atoms with Gasteiger partial charge < -0.3 is 9.80 Å². The zero-order valence-electron chi connectivity index (χ0n) is 14.5. The molecular formula is C19H25N5O. The van der Waals surface area contributed by atoms with E-state index in [0.29, 0.717) is 12.0 Å². The Balaban J connectivity index is 1.27. The van der Waals surface area contributed by atoms with Crippen LogP contribution in [0, 0.1) is 0 Å². The molecule has 0 aromatic carbocycles. The minimum absolute atomic E-state index is 0.138. The summed E-state index contributed by atoms with van der Waals surface area (Å²) in [5.41, 5.74) is 2.02. The van der Waals surface area contributed by atoms with Gasteiger partial charge in [-0.05, 0) is 57.0 Å². The van der Waals surface area contributed by atoms with Crippen molar-refractivity contribution in [2.24, 2.45) is 0 Å². The monoisotopic (exact) mass is 339 g/mol. The highest BCUT2D eigenvalue weighted by molar-refractivity contribution is 5.94. The van der Waals surface area contributed by atoms with Crippen LogP contribution >= 0.6 is 0 Å². The third-order valence-electron chi connectivity index (χ3n) is 5.69. The van der Waals surface area contributed by atoms with Crippen LogP contribution < -0.4 is 0 Å². The van der Waals surface area contributed by atoms with Gasteiger partial charge in [0, 0.05) is 54.9 Å². The Morgan fingerprint density at radius 1 is 0.960 bits per heavy atom. The van der Waals surface area contributed by atoms with E-state index in [1.54, 1.807) is 24.5 Å². The summed E-state index contributed by atoms with van der Waals surface area (Å²) in [4.78, 5) is 21.1. The van der Waals surface area contributed by atoms with E-state index in [4.69, 9.17) is 0 Å². The Morgan fingerprint density at radius 2 is 1.68 bits per heavy atom. The van der Waals surface area contributed by atoms with Gasteiger partial charge in [0.25, 0.3) is 5.91 Å². The lowest BCUT2D eigenvalue weighted by atomic mass is 9.91. The molecule has 4 heterocycles. The Labute approximate surface area is 148 Å². The Bertz CT molecular complexity index is 671. The van der Waals surface area contributed by atoms with Crippen molar-refractivity contribution in [1.82, 2.24) is 25.0 Å². The second-order valence-corrected chi connectivity index (χ2v) is 7.08. The summed E-state index contributed by atoms with van der Waals surface area (Å²) in [6.07, 6.45) is 9.75. The predicted molar refractivity (Wildman–Crippen MR) is 95.3 cm³/mol. The number of aromatic nitrogens is 3. The average Bonchev–Trinajstić information content (AvgIpc) is 3.23. The Kier molecular flexibility index (Phi) is 4.78. The summed E-state index contributed by atoms with van der Waals surface area (Å²) in [6, 6.07) is 6.32. The molecule has 2 aliphatic rings. The summed E-state index contributed by atoms with van der Waals surface area (Å²) in [5.74, 6) is 0.755. The van der Waals surface area contributed by atoms with Gasteiger partial charge in [0.15, 0.2) is 0 Å². The van der Waals surface area contributed by atoms with Crippen LogP contribution in [0.15, 0.2) is 36.8 Å². The second-order valence-electron chi connectivity index (χ2n) is 7.08. The zero-order valence-corrected chi connectivity index (χ0v) is 14.5. The standard InChI is InChI=1S/C19H25N5O/c25-19(16-1-8-20-9-2-16)24-13-6-17(7-14-24)23-11-4-15(5-12-23)18-3-10-21-22-18/h1-3,8-10,15,17H,4-7,11-14H2,(H,21,22). The number of H-pyrrole nitrogens is 1. The fourth-order valence-electron chi connectivity index (χ4n) is 4.18. The minimum atomic E-state index is 0.138. The van der Waals surface area contributed by atoms with Crippen LogP contribution in [0.5, 0.6) is 0 Å². The highest BCUT2D eigenvalue weighted by Gasteiger charge is 2.30. The highest BCUT2D eigenvalue weighted by atomic mass is 16.2. The lowest BCUT2D eigenvalue weighted by molar-refractivity contribution is 0.0577. The topological polar surface area (TPSA) is 65.1 Å². The maximum atomic E-state index is 12.5. The number of amides is 1. The SMILES string of the molecule is O=C(c1ccncc1)N1CCC(N2CCC(c3ccn[nH]3)CC2)CC1.